The number of halogens is 1. The Morgan fingerprint density at radius 1 is 1.24 bits per heavy atom. The molecule has 0 spiro atoms. The van der Waals surface area contributed by atoms with Crippen molar-refractivity contribution in [3.63, 3.8) is 0 Å². The summed E-state index contributed by atoms with van der Waals surface area (Å²) >= 11 is 6.12. The highest BCUT2D eigenvalue weighted by Gasteiger charge is 2.23. The van der Waals surface area contributed by atoms with Crippen LogP contribution in [0.25, 0.3) is 10.9 Å². The van der Waals surface area contributed by atoms with Gasteiger partial charge in [0, 0.05) is 42.4 Å². The van der Waals surface area contributed by atoms with Crippen molar-refractivity contribution < 1.29 is 18.0 Å². The van der Waals surface area contributed by atoms with Gasteiger partial charge in [-0.1, -0.05) is 29.8 Å². The maximum atomic E-state index is 12.5. The van der Waals surface area contributed by atoms with E-state index < -0.39 is 10.0 Å². The van der Waals surface area contributed by atoms with Crippen LogP contribution in [0.5, 0.6) is 0 Å². The quantitative estimate of drug-likeness (QED) is 0.534. The third-order valence-electron chi connectivity index (χ3n) is 5.41. The zero-order chi connectivity index (χ0) is 23.8. The minimum absolute atomic E-state index is 0.00621. The van der Waals surface area contributed by atoms with Crippen LogP contribution >= 0.6 is 11.6 Å². The van der Waals surface area contributed by atoms with Crippen LogP contribution in [0.4, 0.5) is 5.69 Å². The normalized spacial score (nSPS) is 15.2. The van der Waals surface area contributed by atoms with Crippen LogP contribution in [0, 0.1) is 0 Å². The number of likely N-dealkylation sites (N-methyl/N-ethyl adjacent to an activating group) is 1. The second-order valence-electron chi connectivity index (χ2n) is 7.95. The lowest BCUT2D eigenvalue weighted by atomic mass is 10.1. The largest absolute Gasteiger partial charge is 0.343 e. The smallest absolute Gasteiger partial charge is 0.238 e. The summed E-state index contributed by atoms with van der Waals surface area (Å²) < 4.78 is 26.1. The van der Waals surface area contributed by atoms with Gasteiger partial charge in [0.15, 0.2) is 0 Å². The number of amides is 2. The molecule has 1 aliphatic heterocycles. The van der Waals surface area contributed by atoms with E-state index >= 15 is 0 Å². The predicted octanol–water partition coefficient (Wildman–Crippen LogP) is 1.25. The van der Waals surface area contributed by atoms with Crippen molar-refractivity contribution in [3.8, 4) is 0 Å². The molecule has 1 fully saturated rings. The molecule has 1 saturated heterocycles. The van der Waals surface area contributed by atoms with Crippen LogP contribution in [0.15, 0.2) is 47.5 Å². The van der Waals surface area contributed by atoms with Gasteiger partial charge in [-0.05, 0) is 23.8 Å². The number of carbonyl (C=O) groups is 2. The van der Waals surface area contributed by atoms with Crippen molar-refractivity contribution in [2.75, 3.05) is 32.0 Å². The van der Waals surface area contributed by atoms with E-state index in [1.165, 1.54) is 6.07 Å². The van der Waals surface area contributed by atoms with Gasteiger partial charge in [-0.2, -0.15) is 5.10 Å². The summed E-state index contributed by atoms with van der Waals surface area (Å²) in [6, 6.07) is 9.87. The zero-order valence-corrected chi connectivity index (χ0v) is 19.4. The number of hydrogen-bond acceptors (Lipinski definition) is 6. The number of nitrogens with two attached hydrogens (primary N) is 1. The van der Waals surface area contributed by atoms with Crippen LogP contribution in [0.3, 0.4) is 0 Å². The lowest BCUT2D eigenvalue weighted by Gasteiger charge is -2.31. The SMILES string of the molecule is CN1CCN(Cn2cc3c(S(N)(=O)=O)cc(NC(=O)Cc4ccccc4Cl)cc3n2)CC1=O. The molecule has 0 saturated carbocycles. The van der Waals surface area contributed by atoms with E-state index in [-0.39, 0.29) is 35.4 Å². The summed E-state index contributed by atoms with van der Waals surface area (Å²) in [5, 5.41) is 13.4. The van der Waals surface area contributed by atoms with Crippen LogP contribution in [0.1, 0.15) is 5.56 Å². The number of primary sulfonamides is 1. The summed E-state index contributed by atoms with van der Waals surface area (Å²) in [7, 11) is -2.34. The molecule has 2 aromatic carbocycles. The van der Waals surface area contributed by atoms with E-state index in [9.17, 15) is 18.0 Å². The maximum absolute atomic E-state index is 12.5. The van der Waals surface area contributed by atoms with Crippen LogP contribution in [-0.2, 0) is 32.7 Å². The Morgan fingerprint density at radius 3 is 2.70 bits per heavy atom. The molecule has 1 aromatic heterocycles. The number of carbonyl (C=O) groups excluding carboxylic acids is 2. The summed E-state index contributed by atoms with van der Waals surface area (Å²) in [6.07, 6.45) is 1.60. The molecule has 0 bridgehead atoms. The predicted molar refractivity (Wildman–Crippen MR) is 124 cm³/mol. The first kappa shape index (κ1) is 23.2. The van der Waals surface area contributed by atoms with Gasteiger partial charge in [-0.3, -0.25) is 19.2 Å². The molecule has 0 radical (unpaired) electrons. The average molecular weight is 491 g/mol. The van der Waals surface area contributed by atoms with E-state index in [1.807, 2.05) is 4.90 Å². The number of benzene rings is 2. The maximum Gasteiger partial charge on any atom is 0.238 e. The highest BCUT2D eigenvalue weighted by Crippen LogP contribution is 2.27. The molecule has 2 amide bonds. The molecule has 0 aliphatic carbocycles. The minimum Gasteiger partial charge on any atom is -0.343 e. The molecule has 10 nitrogen and oxygen atoms in total. The molecule has 4 rings (SSSR count). The summed E-state index contributed by atoms with van der Waals surface area (Å²) in [6.45, 7) is 1.83. The molecule has 174 valence electrons. The van der Waals surface area contributed by atoms with Gasteiger partial charge >= 0.3 is 0 Å². The van der Waals surface area contributed by atoms with Gasteiger partial charge in [0.25, 0.3) is 0 Å². The van der Waals surface area contributed by atoms with E-state index in [0.29, 0.717) is 41.2 Å². The van der Waals surface area contributed by atoms with Gasteiger partial charge < -0.3 is 10.2 Å². The van der Waals surface area contributed by atoms with Gasteiger partial charge in [-0.15, -0.1) is 0 Å². The first-order valence-corrected chi connectivity index (χ1v) is 12.1. The molecule has 0 unspecified atom stereocenters. The number of sulfonamides is 1. The Hall–Kier alpha value is -2.99. The van der Waals surface area contributed by atoms with E-state index in [1.54, 1.807) is 53.2 Å². The van der Waals surface area contributed by atoms with E-state index in [4.69, 9.17) is 16.7 Å². The van der Waals surface area contributed by atoms with Crippen molar-refractivity contribution in [2.24, 2.45) is 5.14 Å². The van der Waals surface area contributed by atoms with Gasteiger partial charge in [0.1, 0.15) is 0 Å². The Kier molecular flexibility index (Phi) is 6.39. The molecule has 33 heavy (non-hydrogen) atoms. The minimum atomic E-state index is -4.09. The van der Waals surface area contributed by atoms with Crippen molar-refractivity contribution in [2.45, 2.75) is 18.0 Å². The number of anilines is 1. The molecule has 12 heteroatoms. The highest BCUT2D eigenvalue weighted by molar-refractivity contribution is 7.89. The fraction of sp³-hybridized carbons (Fsp3) is 0.286. The van der Waals surface area contributed by atoms with Crippen molar-refractivity contribution in [1.82, 2.24) is 19.6 Å². The molecule has 3 N–H and O–H groups in total. The number of nitrogens with zero attached hydrogens (tertiary/aromatic N) is 4. The molecular formula is C21H23ClN6O4S. The topological polar surface area (TPSA) is 131 Å². The Balaban J connectivity index is 1.60. The highest BCUT2D eigenvalue weighted by atomic mass is 35.5. The van der Waals surface area contributed by atoms with Gasteiger partial charge in [0.05, 0.1) is 30.0 Å². The first-order valence-electron chi connectivity index (χ1n) is 10.1. The second kappa shape index (κ2) is 9.10. The lowest BCUT2D eigenvalue weighted by Crippen LogP contribution is -2.48. The summed E-state index contributed by atoms with van der Waals surface area (Å²) in [4.78, 5) is 27.9. The van der Waals surface area contributed by atoms with Crippen LogP contribution in [-0.4, -0.2) is 66.5 Å². The van der Waals surface area contributed by atoms with Crippen LogP contribution in [0.2, 0.25) is 5.02 Å². The van der Waals surface area contributed by atoms with Crippen LogP contribution < -0.4 is 10.5 Å². The Labute approximate surface area is 195 Å². The second-order valence-corrected chi connectivity index (χ2v) is 9.88. The fourth-order valence-electron chi connectivity index (χ4n) is 3.67. The summed E-state index contributed by atoms with van der Waals surface area (Å²) in [5.74, 6) is -0.357. The molecule has 1 aliphatic rings. The van der Waals surface area contributed by atoms with Gasteiger partial charge in [-0.25, -0.2) is 13.6 Å². The van der Waals surface area contributed by atoms with Gasteiger partial charge in [0.2, 0.25) is 21.8 Å². The third kappa shape index (κ3) is 5.33. The Bertz CT molecular complexity index is 1340. The monoisotopic (exact) mass is 490 g/mol. The summed E-state index contributed by atoms with van der Waals surface area (Å²) in [5.41, 5.74) is 1.26. The van der Waals surface area contributed by atoms with E-state index in [0.717, 1.165) is 0 Å². The molecule has 0 atom stereocenters. The number of hydrogen-bond donors (Lipinski definition) is 2. The molecule has 3 aromatic rings. The lowest BCUT2D eigenvalue weighted by molar-refractivity contribution is -0.135. The van der Waals surface area contributed by atoms with E-state index in [2.05, 4.69) is 10.4 Å². The Morgan fingerprint density at radius 2 is 2.00 bits per heavy atom. The molecule has 2 heterocycles. The average Bonchev–Trinajstić information content (AvgIpc) is 3.13. The number of fused-ring (bicyclic) bond motifs is 1. The zero-order valence-electron chi connectivity index (χ0n) is 17.9. The third-order valence-corrected chi connectivity index (χ3v) is 6.73. The molecular weight excluding hydrogens is 468 g/mol. The van der Waals surface area contributed by atoms with Crippen molar-refractivity contribution in [1.29, 1.82) is 0 Å². The number of aromatic nitrogens is 2. The number of rotatable bonds is 6. The first-order chi connectivity index (χ1) is 15.6. The number of piperazine rings is 1. The van der Waals surface area contributed by atoms with Crippen molar-refractivity contribution >= 4 is 50.0 Å². The number of nitrogens with one attached hydrogen (secondary N) is 1. The van der Waals surface area contributed by atoms with Crippen molar-refractivity contribution in [3.05, 3.63) is 53.2 Å². The fourth-order valence-corrected chi connectivity index (χ4v) is 4.63. The standard InChI is InChI=1S/C21H23ClN6O4S/c1-26-6-7-27(12-21(26)30)13-28-11-16-18(25-28)9-15(10-19(16)33(23,31)32)24-20(29)8-14-4-2-3-5-17(14)22/h2-5,9-11H,6-8,12-13H2,1H3,(H,24,29)(H2,23,31,32).